The van der Waals surface area contributed by atoms with Crippen LogP contribution in [0.25, 0.3) is 0 Å². The van der Waals surface area contributed by atoms with E-state index < -0.39 is 11.9 Å². The lowest BCUT2D eigenvalue weighted by Gasteiger charge is -2.23. The molecule has 1 amide bonds. The van der Waals surface area contributed by atoms with E-state index >= 15 is 0 Å². The van der Waals surface area contributed by atoms with Gasteiger partial charge in [-0.3, -0.25) is 4.79 Å². The predicted octanol–water partition coefficient (Wildman–Crippen LogP) is 2.08. The third-order valence-electron chi connectivity index (χ3n) is 2.83. The fraction of sp³-hybridized carbons (Fsp3) is 0.500. The molecule has 20 heavy (non-hydrogen) atoms. The van der Waals surface area contributed by atoms with Gasteiger partial charge < -0.3 is 15.0 Å². The van der Waals surface area contributed by atoms with Crippen LogP contribution in [0.2, 0.25) is 0 Å². The summed E-state index contributed by atoms with van der Waals surface area (Å²) >= 11 is 0. The van der Waals surface area contributed by atoms with Crippen molar-refractivity contribution in [1.82, 2.24) is 10.2 Å². The number of carbonyl (C=O) groups is 1. The fourth-order valence-corrected chi connectivity index (χ4v) is 1.64. The average Bonchev–Trinajstić information content (AvgIpc) is 2.43. The van der Waals surface area contributed by atoms with Gasteiger partial charge in [0.05, 0.1) is 0 Å². The van der Waals surface area contributed by atoms with Crippen molar-refractivity contribution in [2.24, 2.45) is 0 Å². The Bertz CT molecular complexity index is 418. The summed E-state index contributed by atoms with van der Waals surface area (Å²) in [6.45, 7) is 3.14. The Morgan fingerprint density at radius 3 is 2.65 bits per heavy atom. The summed E-state index contributed by atoms with van der Waals surface area (Å²) in [7, 11) is 3.54. The molecule has 0 aliphatic heterocycles. The molecule has 0 aromatic heterocycles. The molecule has 1 N–H and O–H groups in total. The first-order chi connectivity index (χ1) is 9.10. The highest BCUT2D eigenvalue weighted by atomic mass is 35.5. The van der Waals surface area contributed by atoms with Crippen molar-refractivity contribution in [3.05, 3.63) is 30.1 Å². The van der Waals surface area contributed by atoms with Gasteiger partial charge in [-0.15, -0.1) is 12.4 Å². The molecule has 0 radical (unpaired) electrons. The van der Waals surface area contributed by atoms with E-state index in [2.05, 4.69) is 5.32 Å². The van der Waals surface area contributed by atoms with Crippen LogP contribution in [0.4, 0.5) is 4.39 Å². The first kappa shape index (κ1) is 18.7. The maximum absolute atomic E-state index is 13.5. The monoisotopic (exact) mass is 304 g/mol. The zero-order chi connectivity index (χ0) is 14.3. The number of halogens is 2. The number of nitrogens with zero attached hydrogens (tertiary/aromatic N) is 1. The van der Waals surface area contributed by atoms with Crippen molar-refractivity contribution < 1.29 is 13.9 Å². The molecule has 1 aromatic carbocycles. The summed E-state index contributed by atoms with van der Waals surface area (Å²) in [5, 5.41) is 2.97. The van der Waals surface area contributed by atoms with Gasteiger partial charge in [-0.05, 0) is 25.6 Å². The van der Waals surface area contributed by atoms with Crippen molar-refractivity contribution in [2.45, 2.75) is 19.4 Å². The van der Waals surface area contributed by atoms with E-state index in [1.54, 1.807) is 24.1 Å². The molecule has 1 aromatic rings. The number of carbonyl (C=O) groups excluding carboxylic acids is 1. The molecule has 114 valence electrons. The lowest BCUT2D eigenvalue weighted by atomic mass is 10.2. The molecule has 0 fully saturated rings. The van der Waals surface area contributed by atoms with Gasteiger partial charge in [-0.25, -0.2) is 4.39 Å². The van der Waals surface area contributed by atoms with Crippen LogP contribution in [0, 0.1) is 5.82 Å². The van der Waals surface area contributed by atoms with Gasteiger partial charge in [0.2, 0.25) is 0 Å². The first-order valence-electron chi connectivity index (χ1n) is 6.40. The van der Waals surface area contributed by atoms with Crippen LogP contribution >= 0.6 is 12.4 Å². The van der Waals surface area contributed by atoms with Crippen molar-refractivity contribution in [3.8, 4) is 5.75 Å². The van der Waals surface area contributed by atoms with Gasteiger partial charge in [-0.1, -0.05) is 19.1 Å². The lowest BCUT2D eigenvalue weighted by molar-refractivity contribution is -0.137. The van der Waals surface area contributed by atoms with Crippen LogP contribution in [0.1, 0.15) is 13.3 Å². The van der Waals surface area contributed by atoms with Gasteiger partial charge in [0.1, 0.15) is 0 Å². The minimum Gasteiger partial charge on any atom is -0.478 e. The van der Waals surface area contributed by atoms with E-state index in [1.165, 1.54) is 12.1 Å². The van der Waals surface area contributed by atoms with Crippen LogP contribution in [0.3, 0.4) is 0 Å². The molecule has 0 heterocycles. The third kappa shape index (κ3) is 5.35. The SMILES string of the molecule is CCC(Oc1ccccc1F)C(=O)N(C)CCNC.Cl. The summed E-state index contributed by atoms with van der Waals surface area (Å²) in [5.74, 6) is -0.475. The van der Waals surface area contributed by atoms with Gasteiger partial charge in [-0.2, -0.15) is 0 Å². The molecular weight excluding hydrogens is 283 g/mol. The predicted molar refractivity (Wildman–Crippen MR) is 79.9 cm³/mol. The summed E-state index contributed by atoms with van der Waals surface area (Å²) in [6, 6.07) is 6.11. The van der Waals surface area contributed by atoms with E-state index in [9.17, 15) is 9.18 Å². The molecule has 4 nitrogen and oxygen atoms in total. The zero-order valence-electron chi connectivity index (χ0n) is 12.1. The third-order valence-corrected chi connectivity index (χ3v) is 2.83. The number of likely N-dealkylation sites (N-methyl/N-ethyl adjacent to an activating group) is 2. The smallest absolute Gasteiger partial charge is 0.263 e. The minimum atomic E-state index is -0.654. The molecule has 6 heteroatoms. The van der Waals surface area contributed by atoms with Crippen molar-refractivity contribution >= 4 is 18.3 Å². The minimum absolute atomic E-state index is 0. The lowest BCUT2D eigenvalue weighted by Crippen LogP contribution is -2.42. The first-order valence-corrected chi connectivity index (χ1v) is 6.40. The Hall–Kier alpha value is -1.33. The van der Waals surface area contributed by atoms with E-state index in [0.717, 1.165) is 0 Å². The highest BCUT2D eigenvalue weighted by Gasteiger charge is 2.22. The van der Waals surface area contributed by atoms with E-state index in [4.69, 9.17) is 4.74 Å². The van der Waals surface area contributed by atoms with Gasteiger partial charge in [0.15, 0.2) is 17.7 Å². The Kier molecular flexibility index (Phi) is 8.92. The van der Waals surface area contributed by atoms with Crippen LogP contribution in [-0.2, 0) is 4.79 Å². The van der Waals surface area contributed by atoms with Crippen LogP contribution in [0.5, 0.6) is 5.75 Å². The molecule has 1 atom stereocenters. The van der Waals surface area contributed by atoms with Crippen LogP contribution in [-0.4, -0.2) is 44.1 Å². The topological polar surface area (TPSA) is 41.6 Å². The Morgan fingerprint density at radius 1 is 1.45 bits per heavy atom. The maximum Gasteiger partial charge on any atom is 0.263 e. The molecule has 0 bridgehead atoms. The van der Waals surface area contributed by atoms with Crippen molar-refractivity contribution in [3.63, 3.8) is 0 Å². The molecule has 0 aliphatic rings. The highest BCUT2D eigenvalue weighted by molar-refractivity contribution is 5.85. The normalized spacial score (nSPS) is 11.4. The Balaban J connectivity index is 0.00000361. The van der Waals surface area contributed by atoms with E-state index in [1.807, 2.05) is 14.0 Å². The Morgan fingerprint density at radius 2 is 2.10 bits per heavy atom. The van der Waals surface area contributed by atoms with Crippen LogP contribution in [0.15, 0.2) is 24.3 Å². The number of ether oxygens (including phenoxy) is 1. The standard InChI is InChI=1S/C14H21FN2O2.ClH/c1-4-12(14(18)17(3)10-9-16-2)19-13-8-6-5-7-11(13)15;/h5-8,12,16H,4,9-10H2,1-3H3;1H. The van der Waals surface area contributed by atoms with Crippen molar-refractivity contribution in [1.29, 1.82) is 0 Å². The quantitative estimate of drug-likeness (QED) is 0.838. The van der Waals surface area contributed by atoms with E-state index in [-0.39, 0.29) is 24.1 Å². The van der Waals surface area contributed by atoms with Gasteiger partial charge >= 0.3 is 0 Å². The number of amides is 1. The second-order valence-electron chi connectivity index (χ2n) is 4.31. The molecular formula is C14H22ClFN2O2. The number of hydrogen-bond donors (Lipinski definition) is 1. The van der Waals surface area contributed by atoms with Gasteiger partial charge in [0, 0.05) is 20.1 Å². The summed E-state index contributed by atoms with van der Waals surface area (Å²) in [5.41, 5.74) is 0. The number of para-hydroxylation sites is 1. The molecule has 0 spiro atoms. The second-order valence-corrected chi connectivity index (χ2v) is 4.31. The van der Waals surface area contributed by atoms with E-state index in [0.29, 0.717) is 19.5 Å². The van der Waals surface area contributed by atoms with Gasteiger partial charge in [0.25, 0.3) is 5.91 Å². The molecule has 0 saturated heterocycles. The summed E-state index contributed by atoms with van der Waals surface area (Å²) < 4.78 is 19.0. The molecule has 0 saturated carbocycles. The average molecular weight is 305 g/mol. The number of hydrogen-bond acceptors (Lipinski definition) is 3. The van der Waals surface area contributed by atoms with Crippen molar-refractivity contribution in [2.75, 3.05) is 27.2 Å². The number of benzene rings is 1. The largest absolute Gasteiger partial charge is 0.478 e. The zero-order valence-corrected chi connectivity index (χ0v) is 12.9. The molecule has 1 rings (SSSR count). The Labute approximate surface area is 125 Å². The fourth-order valence-electron chi connectivity index (χ4n) is 1.64. The van der Waals surface area contributed by atoms with Crippen LogP contribution < -0.4 is 10.1 Å². The summed E-state index contributed by atoms with van der Waals surface area (Å²) in [4.78, 5) is 13.7. The number of rotatable bonds is 7. The second kappa shape index (κ2) is 9.55. The summed E-state index contributed by atoms with van der Waals surface area (Å²) in [6.07, 6.45) is -0.157. The highest BCUT2D eigenvalue weighted by Crippen LogP contribution is 2.18. The number of nitrogens with one attached hydrogen (secondary N) is 1. The molecule has 0 aliphatic carbocycles. The maximum atomic E-state index is 13.5. The molecule has 1 unspecified atom stereocenters.